The summed E-state index contributed by atoms with van der Waals surface area (Å²) in [7, 11) is 0. The third kappa shape index (κ3) is 6.10. The maximum Gasteiger partial charge on any atom is 0.410 e. The number of thiophene rings is 1. The summed E-state index contributed by atoms with van der Waals surface area (Å²) in [5, 5.41) is 13.4. The molecule has 0 radical (unpaired) electrons. The quantitative estimate of drug-likeness (QED) is 0.517. The second-order valence-corrected chi connectivity index (χ2v) is 13.0. The van der Waals surface area contributed by atoms with Gasteiger partial charge in [0, 0.05) is 39.3 Å². The van der Waals surface area contributed by atoms with E-state index >= 15 is 0 Å². The molecule has 3 aliphatic heterocycles. The molecule has 1 aliphatic carbocycles. The molecule has 14 heteroatoms. The molecule has 1 unspecified atom stereocenters. The zero-order chi connectivity index (χ0) is 31.0. The lowest BCUT2D eigenvalue weighted by atomic mass is 10.1. The van der Waals surface area contributed by atoms with Crippen LogP contribution in [-0.2, 0) is 9.47 Å². The molecule has 4 amide bonds. The number of hydrazine groups is 1. The number of fused-ring (bicyclic) bond motifs is 3. The highest BCUT2D eigenvalue weighted by atomic mass is 32.1. The molecule has 1 aromatic carbocycles. The zero-order valence-electron chi connectivity index (χ0n) is 24.9. The largest absolute Gasteiger partial charge is 0.444 e. The van der Waals surface area contributed by atoms with E-state index in [0.29, 0.717) is 96.7 Å². The lowest BCUT2D eigenvalue weighted by Crippen LogP contribution is -2.49. The summed E-state index contributed by atoms with van der Waals surface area (Å²) in [6, 6.07) is 7.82. The van der Waals surface area contributed by atoms with Crippen molar-refractivity contribution in [3.8, 4) is 0 Å². The van der Waals surface area contributed by atoms with E-state index in [1.165, 1.54) is 11.3 Å². The number of amides is 4. The minimum Gasteiger partial charge on any atom is -0.444 e. The van der Waals surface area contributed by atoms with Gasteiger partial charge in [-0.25, -0.2) is 14.6 Å². The lowest BCUT2D eigenvalue weighted by molar-refractivity contribution is 0.0207. The predicted molar refractivity (Wildman–Crippen MR) is 162 cm³/mol. The Labute approximate surface area is 258 Å². The molecule has 2 N–H and O–H groups in total. The SMILES string of the molecule is CC(C)(C)OC(=O)N1CCCN(C(=O)c2ccc(C3=C4C(=O)c5c(NC(=O)NN6CCOCC6)cccc5C4N=N3)s2)CC1. The minimum absolute atomic E-state index is 0.136. The predicted octanol–water partition coefficient (Wildman–Crippen LogP) is 4.31. The molecule has 13 nitrogen and oxygen atoms in total. The van der Waals surface area contributed by atoms with Crippen LogP contribution in [-0.4, -0.2) is 96.7 Å². The number of ether oxygens (including phenoxy) is 2. The Morgan fingerprint density at radius 1 is 1.00 bits per heavy atom. The first-order chi connectivity index (χ1) is 21.1. The molecule has 2 aromatic rings. The molecule has 0 bridgehead atoms. The van der Waals surface area contributed by atoms with Gasteiger partial charge in [0.25, 0.3) is 5.91 Å². The molecule has 0 spiro atoms. The molecule has 4 aliphatic rings. The number of anilines is 1. The minimum atomic E-state index is -0.587. The Hall–Kier alpha value is -4.14. The summed E-state index contributed by atoms with van der Waals surface area (Å²) in [6.07, 6.45) is 0.264. The van der Waals surface area contributed by atoms with E-state index in [1.54, 1.807) is 39.1 Å². The molecule has 4 heterocycles. The van der Waals surface area contributed by atoms with Crippen molar-refractivity contribution in [2.45, 2.75) is 38.8 Å². The smallest absolute Gasteiger partial charge is 0.410 e. The van der Waals surface area contributed by atoms with E-state index in [0.717, 1.165) is 0 Å². The van der Waals surface area contributed by atoms with Crippen LogP contribution in [0.25, 0.3) is 5.70 Å². The number of azo groups is 1. The van der Waals surface area contributed by atoms with E-state index in [4.69, 9.17) is 9.47 Å². The number of nitrogens with zero attached hydrogens (tertiary/aromatic N) is 5. The van der Waals surface area contributed by atoms with Gasteiger partial charge < -0.3 is 24.6 Å². The number of morpholine rings is 1. The molecule has 44 heavy (non-hydrogen) atoms. The summed E-state index contributed by atoms with van der Waals surface area (Å²) in [6.45, 7) is 9.51. The maximum absolute atomic E-state index is 13.8. The van der Waals surface area contributed by atoms with Gasteiger partial charge in [0.1, 0.15) is 17.3 Å². The van der Waals surface area contributed by atoms with Crippen LogP contribution < -0.4 is 10.7 Å². The molecule has 232 valence electrons. The van der Waals surface area contributed by atoms with Gasteiger partial charge in [0.15, 0.2) is 5.78 Å². The fraction of sp³-hybridized carbons (Fsp3) is 0.467. The first-order valence-electron chi connectivity index (χ1n) is 14.7. The van der Waals surface area contributed by atoms with Crippen LogP contribution in [0.2, 0.25) is 0 Å². The highest BCUT2D eigenvalue weighted by Crippen LogP contribution is 2.49. The molecular weight excluding hydrogens is 586 g/mol. The van der Waals surface area contributed by atoms with Crippen molar-refractivity contribution < 1.29 is 28.7 Å². The number of urea groups is 1. The number of nitrogens with one attached hydrogen (secondary N) is 2. The Morgan fingerprint density at radius 2 is 1.75 bits per heavy atom. The number of ketones is 1. The van der Waals surface area contributed by atoms with Crippen molar-refractivity contribution >= 4 is 46.5 Å². The Morgan fingerprint density at radius 3 is 2.52 bits per heavy atom. The van der Waals surface area contributed by atoms with Gasteiger partial charge >= 0.3 is 12.1 Å². The third-order valence-electron chi connectivity index (χ3n) is 7.67. The van der Waals surface area contributed by atoms with Gasteiger partial charge in [-0.05, 0) is 51.0 Å². The Balaban J connectivity index is 1.15. The van der Waals surface area contributed by atoms with Crippen LogP contribution in [0.1, 0.15) is 63.7 Å². The van der Waals surface area contributed by atoms with Gasteiger partial charge in [-0.15, -0.1) is 11.3 Å². The molecular formula is C30H35N7O6S. The topological polar surface area (TPSA) is 145 Å². The second kappa shape index (κ2) is 12.1. The van der Waals surface area contributed by atoms with Crippen molar-refractivity contribution in [2.75, 3.05) is 57.8 Å². The van der Waals surface area contributed by atoms with Crippen LogP contribution in [0, 0.1) is 0 Å². The summed E-state index contributed by atoms with van der Waals surface area (Å²) in [5.41, 5.74) is 4.57. The summed E-state index contributed by atoms with van der Waals surface area (Å²) in [5.74, 6) is -0.383. The molecule has 1 aromatic heterocycles. The molecule has 1 atom stereocenters. The van der Waals surface area contributed by atoms with Crippen LogP contribution in [0.5, 0.6) is 0 Å². The van der Waals surface area contributed by atoms with E-state index in [9.17, 15) is 19.2 Å². The zero-order valence-corrected chi connectivity index (χ0v) is 25.7. The highest BCUT2D eigenvalue weighted by Gasteiger charge is 2.43. The number of benzene rings is 1. The average Bonchev–Trinajstić information content (AvgIpc) is 3.64. The fourth-order valence-corrected chi connectivity index (χ4v) is 6.59. The van der Waals surface area contributed by atoms with Gasteiger partial charge in [-0.2, -0.15) is 10.2 Å². The van der Waals surface area contributed by atoms with Crippen LogP contribution >= 0.6 is 11.3 Å². The molecule has 6 rings (SSSR count). The van der Waals surface area contributed by atoms with Gasteiger partial charge in [-0.3, -0.25) is 15.0 Å². The average molecular weight is 622 g/mol. The van der Waals surface area contributed by atoms with Crippen molar-refractivity contribution in [3.63, 3.8) is 0 Å². The van der Waals surface area contributed by atoms with Crippen LogP contribution in [0.3, 0.4) is 0 Å². The van der Waals surface area contributed by atoms with E-state index < -0.39 is 17.7 Å². The number of hydrogen-bond acceptors (Lipinski definition) is 10. The third-order valence-corrected chi connectivity index (χ3v) is 8.75. The standard InChI is InChI=1S/C30H35N7O6S/c1-30(2,3)43-29(41)36-11-5-10-35(12-13-36)27(39)21-9-8-20(44-21)25-23-24(32-33-25)18-6-4-7-19(22(18)26(23)38)31-28(40)34-37-14-16-42-17-15-37/h4,6-9,24H,5,10-17H2,1-3H3,(H2,31,34,40). The second-order valence-electron chi connectivity index (χ2n) is 11.9. The first-order valence-corrected chi connectivity index (χ1v) is 15.5. The summed E-state index contributed by atoms with van der Waals surface area (Å²) in [4.78, 5) is 57.0. The van der Waals surface area contributed by atoms with Crippen LogP contribution in [0.4, 0.5) is 15.3 Å². The number of Topliss-reactive ketones (excluding diaryl/α,β-unsaturated/α-hetero) is 1. The van der Waals surface area contributed by atoms with Crippen molar-refractivity contribution in [3.05, 3.63) is 56.8 Å². The van der Waals surface area contributed by atoms with Crippen molar-refractivity contribution in [1.29, 1.82) is 0 Å². The number of hydrogen-bond donors (Lipinski definition) is 2. The van der Waals surface area contributed by atoms with Gasteiger partial charge in [0.2, 0.25) is 0 Å². The van der Waals surface area contributed by atoms with Gasteiger partial charge in [0.05, 0.1) is 39.8 Å². The van der Waals surface area contributed by atoms with Crippen LogP contribution in [0.15, 0.2) is 46.1 Å². The number of carbonyl (C=O) groups is 4. The Bertz CT molecular complexity index is 1550. The van der Waals surface area contributed by atoms with Crippen molar-refractivity contribution in [1.82, 2.24) is 20.2 Å². The number of rotatable bonds is 4. The number of carbonyl (C=O) groups excluding carboxylic acids is 4. The van der Waals surface area contributed by atoms with E-state index in [2.05, 4.69) is 21.0 Å². The van der Waals surface area contributed by atoms with Crippen molar-refractivity contribution in [2.24, 2.45) is 10.2 Å². The van der Waals surface area contributed by atoms with E-state index in [1.807, 2.05) is 26.8 Å². The summed E-state index contributed by atoms with van der Waals surface area (Å²) >= 11 is 1.26. The normalized spacial score (nSPS) is 20.3. The first kappa shape index (κ1) is 29.9. The summed E-state index contributed by atoms with van der Waals surface area (Å²) < 4.78 is 10.8. The Kier molecular flexibility index (Phi) is 8.22. The molecule has 0 saturated carbocycles. The fourth-order valence-electron chi connectivity index (χ4n) is 5.61. The molecule has 2 fully saturated rings. The molecule has 2 saturated heterocycles. The maximum atomic E-state index is 13.8. The van der Waals surface area contributed by atoms with Gasteiger partial charge in [-0.1, -0.05) is 12.1 Å². The lowest BCUT2D eigenvalue weighted by Gasteiger charge is -2.27. The highest BCUT2D eigenvalue weighted by molar-refractivity contribution is 7.15. The van der Waals surface area contributed by atoms with E-state index in [-0.39, 0.29) is 17.8 Å². The monoisotopic (exact) mass is 621 g/mol.